The van der Waals surface area contributed by atoms with Crippen LogP contribution in [0.4, 0.5) is 11.5 Å². The van der Waals surface area contributed by atoms with Gasteiger partial charge in [-0.15, -0.1) is 0 Å². The van der Waals surface area contributed by atoms with Crippen LogP contribution in [-0.4, -0.2) is 20.5 Å². The second kappa shape index (κ2) is 10.7. The Morgan fingerprint density at radius 2 is 1.69 bits per heavy atom. The fraction of sp³-hybridized carbons (Fsp3) is 0.0938. The first-order valence-electron chi connectivity index (χ1n) is 12.7. The quantitative estimate of drug-likeness (QED) is 0.208. The van der Waals surface area contributed by atoms with Gasteiger partial charge in [0.1, 0.15) is 5.82 Å². The van der Waals surface area contributed by atoms with Crippen molar-refractivity contribution in [3.05, 3.63) is 124 Å². The molecule has 0 aliphatic heterocycles. The van der Waals surface area contributed by atoms with E-state index < -0.39 is 0 Å². The highest BCUT2D eigenvalue weighted by atomic mass is 79.9. The number of nitrogens with zero attached hydrogens (tertiary/aromatic N) is 3. The molecule has 2 N–H and O–H groups in total. The summed E-state index contributed by atoms with van der Waals surface area (Å²) < 4.78 is 2.62. The summed E-state index contributed by atoms with van der Waals surface area (Å²) >= 11 is 3.58. The van der Waals surface area contributed by atoms with Crippen molar-refractivity contribution >= 4 is 49.8 Å². The molecule has 0 bridgehead atoms. The fourth-order valence-corrected chi connectivity index (χ4v) is 5.10. The largest absolute Gasteiger partial charge is 0.366 e. The Kier molecular flexibility index (Phi) is 6.82. The first-order valence-corrected chi connectivity index (χ1v) is 13.5. The first kappa shape index (κ1) is 24.8. The molecule has 1 amide bonds. The second-order valence-electron chi connectivity index (χ2n) is 9.53. The lowest BCUT2D eigenvalue weighted by Crippen LogP contribution is -2.14. The molecule has 0 atom stereocenters. The molecule has 0 saturated carbocycles. The third-order valence-electron chi connectivity index (χ3n) is 6.71. The van der Waals surface area contributed by atoms with Crippen LogP contribution in [-0.2, 0) is 17.8 Å². The van der Waals surface area contributed by atoms with Crippen molar-refractivity contribution in [2.45, 2.75) is 19.9 Å². The summed E-state index contributed by atoms with van der Waals surface area (Å²) in [4.78, 5) is 17.7. The third-order valence-corrected chi connectivity index (χ3v) is 7.27. The number of aryl methyl sites for hydroxylation is 1. The molecular weight excluding hydrogens is 550 g/mol. The van der Waals surface area contributed by atoms with Gasteiger partial charge >= 0.3 is 0 Å². The predicted molar refractivity (Wildman–Crippen MR) is 161 cm³/mol. The Morgan fingerprint density at radius 1 is 0.872 bits per heavy atom. The number of fused-ring (bicyclic) bond motifs is 2. The minimum Gasteiger partial charge on any atom is -0.366 e. The van der Waals surface area contributed by atoms with Crippen molar-refractivity contribution in [3.8, 4) is 11.3 Å². The summed E-state index contributed by atoms with van der Waals surface area (Å²) in [6.07, 6.45) is 2.07. The monoisotopic (exact) mass is 575 g/mol. The van der Waals surface area contributed by atoms with E-state index in [1.807, 2.05) is 60.7 Å². The van der Waals surface area contributed by atoms with E-state index in [4.69, 9.17) is 4.98 Å². The Labute approximate surface area is 234 Å². The summed E-state index contributed by atoms with van der Waals surface area (Å²) in [5.74, 6) is 0.783. The molecule has 2 heterocycles. The molecule has 0 fully saturated rings. The van der Waals surface area contributed by atoms with Crippen LogP contribution in [0.15, 0.2) is 108 Å². The van der Waals surface area contributed by atoms with Crippen LogP contribution < -0.4 is 10.6 Å². The Hall–Kier alpha value is -4.49. The lowest BCUT2D eigenvalue weighted by molar-refractivity contribution is -0.115. The van der Waals surface area contributed by atoms with Crippen molar-refractivity contribution < 1.29 is 4.79 Å². The van der Waals surface area contributed by atoms with Crippen LogP contribution >= 0.6 is 15.9 Å². The minimum absolute atomic E-state index is 0.0458. The third kappa shape index (κ3) is 5.40. The van der Waals surface area contributed by atoms with Crippen molar-refractivity contribution in [1.29, 1.82) is 0 Å². The smallest absolute Gasteiger partial charge is 0.228 e. The van der Waals surface area contributed by atoms with Crippen LogP contribution in [0.1, 0.15) is 16.7 Å². The van der Waals surface area contributed by atoms with E-state index >= 15 is 0 Å². The molecule has 0 spiro atoms. The van der Waals surface area contributed by atoms with Gasteiger partial charge in [0, 0.05) is 23.9 Å². The minimum atomic E-state index is -0.0458. The average molecular weight is 576 g/mol. The van der Waals surface area contributed by atoms with E-state index in [2.05, 4.69) is 75.0 Å². The molecule has 39 heavy (non-hydrogen) atoms. The van der Waals surface area contributed by atoms with E-state index in [9.17, 15) is 4.79 Å². The summed E-state index contributed by atoms with van der Waals surface area (Å²) in [6.45, 7) is 2.64. The predicted octanol–water partition coefficient (Wildman–Crippen LogP) is 7.41. The molecule has 6 nitrogen and oxygen atoms in total. The van der Waals surface area contributed by atoms with E-state index in [-0.39, 0.29) is 5.91 Å². The summed E-state index contributed by atoms with van der Waals surface area (Å²) in [5.41, 5.74) is 6.64. The molecule has 0 aliphatic carbocycles. The standard InChI is InChI=1S/C32H26BrN5O/c1-21-7-2-5-12-27(21)29-18-30(38-32(37-29)28(33)20-35-38)34-19-23-8-6-11-26(16-23)36-31(39)17-22-13-14-24-9-3-4-10-25(24)15-22/h2-16,18,20,34H,17,19H2,1H3,(H,36,39). The molecule has 0 aliphatic rings. The van der Waals surface area contributed by atoms with Crippen molar-refractivity contribution in [1.82, 2.24) is 14.6 Å². The number of benzene rings is 4. The van der Waals surface area contributed by atoms with Gasteiger partial charge in [-0.2, -0.15) is 9.61 Å². The zero-order valence-electron chi connectivity index (χ0n) is 21.4. The van der Waals surface area contributed by atoms with Crippen molar-refractivity contribution in [2.24, 2.45) is 0 Å². The van der Waals surface area contributed by atoms with Crippen LogP contribution in [0.2, 0.25) is 0 Å². The van der Waals surface area contributed by atoms with Gasteiger partial charge in [-0.3, -0.25) is 4.79 Å². The van der Waals surface area contributed by atoms with Gasteiger partial charge in [-0.05, 0) is 62.4 Å². The lowest BCUT2D eigenvalue weighted by Gasteiger charge is -2.13. The molecule has 0 radical (unpaired) electrons. The average Bonchev–Trinajstić information content (AvgIpc) is 3.32. The summed E-state index contributed by atoms with van der Waals surface area (Å²) in [7, 11) is 0. The maximum absolute atomic E-state index is 12.8. The number of aromatic nitrogens is 3. The summed E-state index contributed by atoms with van der Waals surface area (Å²) in [5, 5.41) is 13.4. The van der Waals surface area contributed by atoms with E-state index in [1.54, 1.807) is 10.7 Å². The highest BCUT2D eigenvalue weighted by Gasteiger charge is 2.13. The number of carbonyl (C=O) groups is 1. The Balaban J connectivity index is 1.18. The summed E-state index contributed by atoms with van der Waals surface area (Å²) in [6, 6.07) is 32.4. The van der Waals surface area contributed by atoms with Gasteiger partial charge in [-0.25, -0.2) is 4.98 Å². The first-order chi connectivity index (χ1) is 19.0. The number of nitrogens with one attached hydrogen (secondary N) is 2. The SMILES string of the molecule is Cc1ccccc1-c1cc(NCc2cccc(NC(=O)Cc3ccc4ccccc4c3)c2)n2ncc(Br)c2n1. The highest BCUT2D eigenvalue weighted by Crippen LogP contribution is 2.28. The van der Waals surface area contributed by atoms with Crippen LogP contribution in [0.3, 0.4) is 0 Å². The molecule has 7 heteroatoms. The van der Waals surface area contributed by atoms with Gasteiger partial charge in [0.15, 0.2) is 5.65 Å². The molecule has 6 aromatic rings. The van der Waals surface area contributed by atoms with Gasteiger partial charge in [-0.1, -0.05) is 78.9 Å². The van der Waals surface area contributed by atoms with E-state index in [0.29, 0.717) is 13.0 Å². The molecular formula is C32H26BrN5O. The van der Waals surface area contributed by atoms with Crippen molar-refractivity contribution in [2.75, 3.05) is 10.6 Å². The second-order valence-corrected chi connectivity index (χ2v) is 10.4. The molecule has 2 aromatic heterocycles. The normalized spacial score (nSPS) is 11.1. The molecule has 192 valence electrons. The van der Waals surface area contributed by atoms with Gasteiger partial charge < -0.3 is 10.6 Å². The molecule has 0 unspecified atom stereocenters. The van der Waals surface area contributed by atoms with Gasteiger partial charge in [0.05, 0.1) is 22.8 Å². The molecule has 4 aromatic carbocycles. The number of hydrogen-bond acceptors (Lipinski definition) is 4. The zero-order chi connectivity index (χ0) is 26.8. The molecule has 0 saturated heterocycles. The zero-order valence-corrected chi connectivity index (χ0v) is 22.9. The topological polar surface area (TPSA) is 71.3 Å². The number of carbonyl (C=O) groups excluding carboxylic acids is 1. The van der Waals surface area contributed by atoms with Crippen LogP contribution in [0.5, 0.6) is 0 Å². The fourth-order valence-electron chi connectivity index (χ4n) is 4.75. The number of anilines is 2. The highest BCUT2D eigenvalue weighted by molar-refractivity contribution is 9.10. The van der Waals surface area contributed by atoms with Gasteiger partial charge in [0.2, 0.25) is 5.91 Å². The van der Waals surface area contributed by atoms with Gasteiger partial charge in [0.25, 0.3) is 0 Å². The Morgan fingerprint density at radius 3 is 2.56 bits per heavy atom. The molecule has 6 rings (SSSR count). The van der Waals surface area contributed by atoms with E-state index in [1.165, 1.54) is 5.39 Å². The number of amides is 1. The Bertz CT molecular complexity index is 1830. The number of rotatable bonds is 7. The number of hydrogen-bond donors (Lipinski definition) is 2. The maximum Gasteiger partial charge on any atom is 0.228 e. The van der Waals surface area contributed by atoms with Crippen LogP contribution in [0.25, 0.3) is 27.7 Å². The van der Waals surface area contributed by atoms with Crippen LogP contribution in [0, 0.1) is 6.92 Å². The number of halogens is 1. The van der Waals surface area contributed by atoms with E-state index in [0.717, 1.165) is 55.0 Å². The van der Waals surface area contributed by atoms with Crippen molar-refractivity contribution in [3.63, 3.8) is 0 Å². The maximum atomic E-state index is 12.8. The lowest BCUT2D eigenvalue weighted by atomic mass is 10.0.